The van der Waals surface area contributed by atoms with Crippen molar-refractivity contribution in [3.8, 4) is 0 Å². The molecule has 0 saturated heterocycles. The molecule has 0 atom stereocenters. The second-order valence-corrected chi connectivity index (χ2v) is 6.25. The third kappa shape index (κ3) is 4.62. The average molecular weight is 355 g/mol. The molecule has 2 aromatic rings. The number of imide groups is 1. The number of rotatable bonds is 6. The molecule has 2 rings (SSSR count). The number of halogens is 1. The van der Waals surface area contributed by atoms with Crippen molar-refractivity contribution in [1.29, 1.82) is 0 Å². The lowest BCUT2D eigenvalue weighted by atomic mass is 10.3. The number of benzene rings is 1. The Hall–Kier alpha value is -1.73. The van der Waals surface area contributed by atoms with Crippen molar-refractivity contribution in [3.63, 3.8) is 0 Å². The molecule has 3 amide bonds. The normalized spacial score (nSPS) is 10.7. The van der Waals surface area contributed by atoms with E-state index in [0.29, 0.717) is 11.6 Å². The van der Waals surface area contributed by atoms with E-state index in [4.69, 9.17) is 11.6 Å². The van der Waals surface area contributed by atoms with Crippen molar-refractivity contribution in [2.75, 3.05) is 12.3 Å². The zero-order valence-corrected chi connectivity index (χ0v) is 14.6. The third-order valence-electron chi connectivity index (χ3n) is 3.05. The van der Waals surface area contributed by atoms with E-state index < -0.39 is 6.03 Å². The fourth-order valence-corrected chi connectivity index (χ4v) is 3.14. The van der Waals surface area contributed by atoms with Crippen LogP contribution < -0.4 is 10.6 Å². The molecule has 0 aliphatic heterocycles. The van der Waals surface area contributed by atoms with Crippen molar-refractivity contribution in [3.05, 3.63) is 23.2 Å². The molecule has 8 heteroatoms. The minimum atomic E-state index is -0.480. The molecule has 0 saturated carbocycles. The van der Waals surface area contributed by atoms with Crippen molar-refractivity contribution < 1.29 is 9.59 Å². The van der Waals surface area contributed by atoms with Gasteiger partial charge in [0.05, 0.1) is 16.8 Å². The van der Waals surface area contributed by atoms with Gasteiger partial charge in [-0.3, -0.25) is 10.1 Å². The Kier molecular flexibility index (Phi) is 6.29. The second-order valence-electron chi connectivity index (χ2n) is 4.88. The van der Waals surface area contributed by atoms with Crippen LogP contribution in [0, 0.1) is 0 Å². The van der Waals surface area contributed by atoms with Gasteiger partial charge in [-0.1, -0.05) is 30.3 Å². The predicted molar refractivity (Wildman–Crippen MR) is 93.0 cm³/mol. The molecule has 0 unspecified atom stereocenters. The lowest BCUT2D eigenvalue weighted by Crippen LogP contribution is -2.40. The van der Waals surface area contributed by atoms with Crippen LogP contribution in [0.25, 0.3) is 11.0 Å². The van der Waals surface area contributed by atoms with Gasteiger partial charge in [0.15, 0.2) is 5.16 Å². The van der Waals surface area contributed by atoms with Crippen molar-refractivity contribution in [1.82, 2.24) is 20.2 Å². The monoisotopic (exact) mass is 354 g/mol. The Labute approximate surface area is 144 Å². The maximum absolute atomic E-state index is 11.8. The first kappa shape index (κ1) is 17.6. The zero-order chi connectivity index (χ0) is 16.8. The van der Waals surface area contributed by atoms with Gasteiger partial charge in [-0.2, -0.15) is 0 Å². The van der Waals surface area contributed by atoms with E-state index in [1.54, 1.807) is 6.92 Å². The van der Waals surface area contributed by atoms with Crippen LogP contribution >= 0.6 is 23.4 Å². The Morgan fingerprint density at radius 2 is 2.13 bits per heavy atom. The predicted octanol–water partition coefficient (Wildman–Crippen LogP) is 3.04. The number of nitrogens with zero attached hydrogens (tertiary/aromatic N) is 2. The van der Waals surface area contributed by atoms with E-state index >= 15 is 0 Å². The average Bonchev–Trinajstić information content (AvgIpc) is 2.83. The van der Waals surface area contributed by atoms with Gasteiger partial charge in [-0.25, -0.2) is 9.78 Å². The molecular formula is C15H19ClN4O2S. The molecule has 124 valence electrons. The summed E-state index contributed by atoms with van der Waals surface area (Å²) < 4.78 is 2.07. The van der Waals surface area contributed by atoms with E-state index in [1.807, 2.05) is 18.2 Å². The van der Waals surface area contributed by atoms with Gasteiger partial charge in [-0.05, 0) is 31.5 Å². The van der Waals surface area contributed by atoms with Gasteiger partial charge in [0, 0.05) is 18.1 Å². The minimum absolute atomic E-state index is 0.123. The zero-order valence-electron chi connectivity index (χ0n) is 13.1. The van der Waals surface area contributed by atoms with Gasteiger partial charge in [0.2, 0.25) is 5.91 Å². The molecule has 0 aliphatic rings. The topological polar surface area (TPSA) is 76.0 Å². The number of aryl methyl sites for hydroxylation is 1. The SMILES string of the molecule is CCCn1c(SCC(=O)NC(=O)NCC)nc2cc(Cl)ccc21. The van der Waals surface area contributed by atoms with Gasteiger partial charge < -0.3 is 9.88 Å². The van der Waals surface area contributed by atoms with Crippen molar-refractivity contribution in [2.45, 2.75) is 32.0 Å². The number of nitrogens with one attached hydrogen (secondary N) is 2. The molecule has 0 fully saturated rings. The summed E-state index contributed by atoms with van der Waals surface area (Å²) in [6.07, 6.45) is 0.951. The quantitative estimate of drug-likeness (QED) is 0.782. The summed E-state index contributed by atoms with van der Waals surface area (Å²) in [5.74, 6) is -0.230. The number of fused-ring (bicyclic) bond motifs is 1. The minimum Gasteiger partial charge on any atom is -0.338 e. The smallest absolute Gasteiger partial charge is 0.321 e. The molecule has 0 radical (unpaired) electrons. The second kappa shape index (κ2) is 8.21. The fraction of sp³-hybridized carbons (Fsp3) is 0.400. The van der Waals surface area contributed by atoms with Crippen LogP contribution in [0.1, 0.15) is 20.3 Å². The number of amides is 3. The highest BCUT2D eigenvalue weighted by atomic mass is 35.5. The molecule has 23 heavy (non-hydrogen) atoms. The maximum atomic E-state index is 11.8. The number of hydrogen-bond acceptors (Lipinski definition) is 4. The lowest BCUT2D eigenvalue weighted by Gasteiger charge is -2.07. The Balaban J connectivity index is 2.11. The number of carbonyl (C=O) groups is 2. The van der Waals surface area contributed by atoms with E-state index in [1.165, 1.54) is 11.8 Å². The summed E-state index contributed by atoms with van der Waals surface area (Å²) in [6.45, 7) is 5.15. The largest absolute Gasteiger partial charge is 0.338 e. The maximum Gasteiger partial charge on any atom is 0.321 e. The van der Waals surface area contributed by atoms with Crippen LogP contribution in [0.2, 0.25) is 5.02 Å². The van der Waals surface area contributed by atoms with Crippen LogP contribution in [0.5, 0.6) is 0 Å². The van der Waals surface area contributed by atoms with Crippen molar-refractivity contribution >= 4 is 46.3 Å². The van der Waals surface area contributed by atoms with E-state index in [0.717, 1.165) is 29.2 Å². The lowest BCUT2D eigenvalue weighted by molar-refractivity contribution is -0.117. The highest BCUT2D eigenvalue weighted by Gasteiger charge is 2.14. The molecule has 2 N–H and O–H groups in total. The van der Waals surface area contributed by atoms with E-state index in [-0.39, 0.29) is 11.7 Å². The Bertz CT molecular complexity index is 717. The third-order valence-corrected chi connectivity index (χ3v) is 4.26. The first-order valence-electron chi connectivity index (χ1n) is 7.41. The van der Waals surface area contributed by atoms with Crippen LogP contribution in [0.4, 0.5) is 4.79 Å². The number of urea groups is 1. The summed E-state index contributed by atoms with van der Waals surface area (Å²) in [5, 5.41) is 6.17. The molecule has 0 bridgehead atoms. The molecule has 0 spiro atoms. The standard InChI is InChI=1S/C15H19ClN4O2S/c1-3-7-20-12-6-5-10(16)8-11(12)18-15(20)23-9-13(21)19-14(22)17-4-2/h5-6,8H,3-4,7,9H2,1-2H3,(H2,17,19,21,22). The highest BCUT2D eigenvalue weighted by molar-refractivity contribution is 7.99. The van der Waals surface area contributed by atoms with Gasteiger partial charge in [-0.15, -0.1) is 0 Å². The molecule has 6 nitrogen and oxygen atoms in total. The van der Waals surface area contributed by atoms with Crippen molar-refractivity contribution in [2.24, 2.45) is 0 Å². The van der Waals surface area contributed by atoms with Gasteiger partial charge in [0.25, 0.3) is 0 Å². The molecule has 1 aromatic heterocycles. The Morgan fingerprint density at radius 3 is 2.83 bits per heavy atom. The number of carbonyl (C=O) groups excluding carboxylic acids is 2. The first-order chi connectivity index (χ1) is 11.0. The van der Waals surface area contributed by atoms with Crippen LogP contribution in [0.3, 0.4) is 0 Å². The van der Waals surface area contributed by atoms with Crippen LogP contribution in [0.15, 0.2) is 23.4 Å². The van der Waals surface area contributed by atoms with Gasteiger partial charge >= 0.3 is 6.03 Å². The van der Waals surface area contributed by atoms with Gasteiger partial charge in [0.1, 0.15) is 0 Å². The van der Waals surface area contributed by atoms with E-state index in [9.17, 15) is 9.59 Å². The highest BCUT2D eigenvalue weighted by Crippen LogP contribution is 2.26. The molecule has 1 aromatic carbocycles. The number of aromatic nitrogens is 2. The van der Waals surface area contributed by atoms with Crippen LogP contribution in [-0.2, 0) is 11.3 Å². The number of hydrogen-bond donors (Lipinski definition) is 2. The summed E-state index contributed by atoms with van der Waals surface area (Å²) in [6, 6.07) is 5.08. The Morgan fingerprint density at radius 1 is 1.35 bits per heavy atom. The molecular weight excluding hydrogens is 336 g/mol. The van der Waals surface area contributed by atoms with E-state index in [2.05, 4.69) is 27.1 Å². The summed E-state index contributed by atoms with van der Waals surface area (Å²) in [7, 11) is 0. The summed E-state index contributed by atoms with van der Waals surface area (Å²) in [5.41, 5.74) is 1.79. The number of thioether (sulfide) groups is 1. The summed E-state index contributed by atoms with van der Waals surface area (Å²) in [4.78, 5) is 27.7. The fourth-order valence-electron chi connectivity index (χ4n) is 2.13. The molecule has 0 aliphatic carbocycles. The summed E-state index contributed by atoms with van der Waals surface area (Å²) >= 11 is 7.31. The number of imidazole rings is 1. The molecule has 1 heterocycles. The first-order valence-corrected chi connectivity index (χ1v) is 8.77. The van der Waals surface area contributed by atoms with Crippen LogP contribution in [-0.4, -0.2) is 33.8 Å².